The number of para-hydroxylation sites is 1. The van der Waals surface area contributed by atoms with Gasteiger partial charge in [0, 0.05) is 32.8 Å². The quantitative estimate of drug-likeness (QED) is 0.304. The maximum absolute atomic E-state index is 13.4. The van der Waals surface area contributed by atoms with E-state index in [2.05, 4.69) is 21.2 Å². The van der Waals surface area contributed by atoms with Crippen LogP contribution in [0.15, 0.2) is 65.1 Å². The second-order valence-electron chi connectivity index (χ2n) is 8.70. The van der Waals surface area contributed by atoms with E-state index in [0.29, 0.717) is 39.2 Å². The zero-order valence-corrected chi connectivity index (χ0v) is 21.6. The van der Waals surface area contributed by atoms with Crippen molar-refractivity contribution in [2.24, 2.45) is 0 Å². The molecule has 3 aromatic carbocycles. The number of carbonyl (C=O) groups excluding carboxylic acids is 1. The summed E-state index contributed by atoms with van der Waals surface area (Å²) in [4.78, 5) is 27.4. The summed E-state index contributed by atoms with van der Waals surface area (Å²) < 4.78 is 6.89. The van der Waals surface area contributed by atoms with Gasteiger partial charge in [-0.25, -0.2) is 0 Å². The van der Waals surface area contributed by atoms with Gasteiger partial charge in [0.15, 0.2) is 5.54 Å². The number of likely N-dealkylation sites (N-methyl/N-ethyl adjacent to an activating group) is 1. The molecule has 3 aromatic rings. The normalized spacial score (nSPS) is 23.4. The van der Waals surface area contributed by atoms with Gasteiger partial charge in [-0.1, -0.05) is 63.4 Å². The van der Waals surface area contributed by atoms with E-state index in [1.807, 2.05) is 18.2 Å². The highest BCUT2D eigenvalue weighted by molar-refractivity contribution is 9.10. The lowest BCUT2D eigenvalue weighted by atomic mass is 9.79. The van der Waals surface area contributed by atoms with E-state index in [4.69, 9.17) is 27.9 Å². The smallest absolute Gasteiger partial charge is 0.256 e. The highest BCUT2D eigenvalue weighted by atomic mass is 79.9. The fourth-order valence-electron chi connectivity index (χ4n) is 5.29. The molecule has 5 rings (SSSR count). The van der Waals surface area contributed by atoms with Crippen LogP contribution in [-0.4, -0.2) is 35.4 Å². The van der Waals surface area contributed by atoms with Crippen LogP contribution < -0.4 is 10.1 Å². The van der Waals surface area contributed by atoms with Crippen LogP contribution in [0.25, 0.3) is 0 Å². The Morgan fingerprint density at radius 2 is 1.94 bits per heavy atom. The molecule has 0 bridgehead atoms. The molecule has 10 heteroatoms. The van der Waals surface area contributed by atoms with Crippen LogP contribution in [-0.2, 0) is 16.9 Å². The highest BCUT2D eigenvalue weighted by Gasteiger charge is 2.68. The first-order valence-electron chi connectivity index (χ1n) is 10.9. The molecule has 0 aliphatic carbocycles. The van der Waals surface area contributed by atoms with Gasteiger partial charge in [-0.05, 0) is 49.0 Å². The van der Waals surface area contributed by atoms with Gasteiger partial charge in [0.25, 0.3) is 11.9 Å². The molecule has 3 atom stereocenters. The number of hydrogen-bond acceptors (Lipinski definition) is 5. The van der Waals surface area contributed by atoms with Gasteiger partial charge in [-0.3, -0.25) is 19.8 Å². The summed E-state index contributed by atoms with van der Waals surface area (Å²) in [6.45, 7) is 0.499. The molecule has 1 spiro atoms. The molecule has 1 saturated heterocycles. The average molecular weight is 577 g/mol. The lowest BCUT2D eigenvalue weighted by molar-refractivity contribution is -0.534. The second-order valence-corrected chi connectivity index (χ2v) is 10.4. The number of anilines is 1. The number of rotatable bonds is 5. The molecule has 180 valence electrons. The Kier molecular flexibility index (Phi) is 6.25. The number of benzene rings is 3. The van der Waals surface area contributed by atoms with Crippen molar-refractivity contribution in [1.82, 2.24) is 4.90 Å². The van der Waals surface area contributed by atoms with Crippen molar-refractivity contribution in [2.45, 2.75) is 24.1 Å². The number of amides is 1. The molecular formula is C25H20BrCl2N3O4. The number of ether oxygens (including phenoxy) is 1. The first-order valence-corrected chi connectivity index (χ1v) is 12.4. The Morgan fingerprint density at radius 1 is 1.17 bits per heavy atom. The summed E-state index contributed by atoms with van der Waals surface area (Å²) in [6.07, 6.45) is 0. The van der Waals surface area contributed by atoms with Crippen molar-refractivity contribution >= 4 is 50.7 Å². The number of likely N-dealkylation sites (tertiary alicyclic amines) is 1. The van der Waals surface area contributed by atoms with E-state index < -0.39 is 23.4 Å². The molecule has 0 saturated carbocycles. The average Bonchev–Trinajstić information content (AvgIpc) is 3.30. The van der Waals surface area contributed by atoms with Gasteiger partial charge in [-0.15, -0.1) is 0 Å². The van der Waals surface area contributed by atoms with E-state index in [-0.39, 0.29) is 11.5 Å². The zero-order chi connectivity index (χ0) is 24.9. The topological polar surface area (TPSA) is 84.7 Å². The van der Waals surface area contributed by atoms with E-state index in [0.717, 1.165) is 10.0 Å². The van der Waals surface area contributed by atoms with E-state index in [9.17, 15) is 14.9 Å². The summed E-state index contributed by atoms with van der Waals surface area (Å²) in [5.41, 5.74) is 1.26. The molecule has 0 unspecified atom stereocenters. The fraction of sp³-hybridized carbons (Fsp3) is 0.240. The van der Waals surface area contributed by atoms with Crippen molar-refractivity contribution in [3.8, 4) is 5.75 Å². The fourth-order valence-corrected chi connectivity index (χ4v) is 5.99. The molecule has 1 N–H and O–H groups in total. The summed E-state index contributed by atoms with van der Waals surface area (Å²) in [5, 5.41) is 16.3. The molecule has 2 aliphatic heterocycles. The van der Waals surface area contributed by atoms with Crippen molar-refractivity contribution in [3.05, 3.63) is 102 Å². The van der Waals surface area contributed by atoms with Crippen LogP contribution in [0.4, 0.5) is 5.69 Å². The van der Waals surface area contributed by atoms with Crippen LogP contribution in [0.3, 0.4) is 0 Å². The van der Waals surface area contributed by atoms with E-state index in [1.165, 1.54) is 0 Å². The van der Waals surface area contributed by atoms with Crippen molar-refractivity contribution in [1.29, 1.82) is 0 Å². The number of nitrogens with one attached hydrogen (secondary N) is 1. The Morgan fingerprint density at radius 3 is 2.69 bits per heavy atom. The molecular weight excluding hydrogens is 557 g/mol. The van der Waals surface area contributed by atoms with Gasteiger partial charge in [0.2, 0.25) is 0 Å². The zero-order valence-electron chi connectivity index (χ0n) is 18.5. The number of nitro groups is 1. The standard InChI is InChI=1S/C25H20BrCl2N3O4/c1-30-12-17(23(31(33)34)25(30)18-4-2-3-5-21(18)29-24(25)32)16-11-15(26)7-9-22(16)35-13-14-6-8-19(27)20(28)10-14/h2-11,17,23H,12-13H2,1H3,(H,29,32)/t17-,23+,25+/m1/s1. The number of fused-ring (bicyclic) bond motifs is 2. The molecule has 1 fully saturated rings. The number of hydrogen-bond donors (Lipinski definition) is 1. The molecule has 2 heterocycles. The minimum absolute atomic E-state index is 0.200. The maximum atomic E-state index is 13.4. The molecule has 1 amide bonds. The van der Waals surface area contributed by atoms with Crippen LogP contribution in [0.1, 0.15) is 22.6 Å². The third-order valence-electron chi connectivity index (χ3n) is 6.79. The second kappa shape index (κ2) is 9.09. The lowest BCUT2D eigenvalue weighted by Crippen LogP contribution is -2.54. The number of carbonyl (C=O) groups is 1. The van der Waals surface area contributed by atoms with Crippen LogP contribution in [0.5, 0.6) is 5.75 Å². The van der Waals surface area contributed by atoms with Crippen molar-refractivity contribution < 1.29 is 14.5 Å². The lowest BCUT2D eigenvalue weighted by Gasteiger charge is -2.30. The highest BCUT2D eigenvalue weighted by Crippen LogP contribution is 2.53. The summed E-state index contributed by atoms with van der Waals surface area (Å²) in [7, 11) is 1.76. The molecule has 0 radical (unpaired) electrons. The summed E-state index contributed by atoms with van der Waals surface area (Å²) in [6, 6.07) is 16.6. The Hall–Kier alpha value is -2.65. The first-order chi connectivity index (χ1) is 16.7. The van der Waals surface area contributed by atoms with Gasteiger partial charge in [0.1, 0.15) is 12.4 Å². The largest absolute Gasteiger partial charge is 0.489 e. The third kappa shape index (κ3) is 3.89. The van der Waals surface area contributed by atoms with Gasteiger partial charge >= 0.3 is 0 Å². The van der Waals surface area contributed by atoms with Crippen LogP contribution in [0, 0.1) is 10.1 Å². The third-order valence-corrected chi connectivity index (χ3v) is 8.02. The van der Waals surface area contributed by atoms with Crippen LogP contribution >= 0.6 is 39.1 Å². The number of halogens is 3. The molecule has 35 heavy (non-hydrogen) atoms. The van der Waals surface area contributed by atoms with Gasteiger partial charge in [0.05, 0.1) is 16.0 Å². The van der Waals surface area contributed by atoms with E-state index in [1.54, 1.807) is 54.4 Å². The SMILES string of the molecule is CN1C[C@H](c2cc(Br)ccc2OCc2ccc(Cl)c(Cl)c2)[C@H]([N+](=O)[O-])[C@@]12C(=O)Nc1ccccc12. The number of nitrogens with zero attached hydrogens (tertiary/aromatic N) is 2. The minimum Gasteiger partial charge on any atom is -0.489 e. The molecule has 7 nitrogen and oxygen atoms in total. The van der Waals surface area contributed by atoms with Crippen LogP contribution in [0.2, 0.25) is 10.0 Å². The molecule has 2 aliphatic rings. The summed E-state index contributed by atoms with van der Waals surface area (Å²) in [5.74, 6) is -0.486. The van der Waals surface area contributed by atoms with Gasteiger partial charge < -0.3 is 10.1 Å². The van der Waals surface area contributed by atoms with Crippen molar-refractivity contribution in [2.75, 3.05) is 18.9 Å². The predicted octanol–water partition coefficient (Wildman–Crippen LogP) is 5.86. The van der Waals surface area contributed by atoms with E-state index >= 15 is 0 Å². The molecule has 0 aromatic heterocycles. The monoisotopic (exact) mass is 575 g/mol. The Labute approximate surface area is 220 Å². The van der Waals surface area contributed by atoms with Crippen molar-refractivity contribution in [3.63, 3.8) is 0 Å². The summed E-state index contributed by atoms with van der Waals surface area (Å²) >= 11 is 15.6. The Bertz CT molecular complexity index is 1350. The Balaban J connectivity index is 1.56. The predicted molar refractivity (Wildman–Crippen MR) is 138 cm³/mol. The maximum Gasteiger partial charge on any atom is 0.256 e. The minimum atomic E-state index is -1.42. The first kappa shape index (κ1) is 24.1. The van der Waals surface area contributed by atoms with Gasteiger partial charge in [-0.2, -0.15) is 0 Å².